The predicted molar refractivity (Wildman–Crippen MR) is 83.9 cm³/mol. The Bertz CT molecular complexity index is 667. The zero-order chi connectivity index (χ0) is 15.4. The molecule has 2 N–H and O–H groups in total. The Balaban J connectivity index is 2.44. The van der Waals surface area contributed by atoms with E-state index in [2.05, 4.69) is 42.2 Å². The molecule has 0 aliphatic heterocycles. The quantitative estimate of drug-likeness (QED) is 0.734. The smallest absolute Gasteiger partial charge is 0.404 e. The third-order valence-electron chi connectivity index (χ3n) is 2.88. The van der Waals surface area contributed by atoms with Crippen molar-refractivity contribution in [2.75, 3.05) is 6.54 Å². The monoisotopic (exact) mass is 416 g/mol. The van der Waals surface area contributed by atoms with Crippen LogP contribution in [0.1, 0.15) is 17.2 Å². The zero-order valence-electron chi connectivity index (χ0n) is 10.7. The molecule has 0 saturated heterocycles. The molecule has 2 rings (SSSR count). The third kappa shape index (κ3) is 4.25. The molecule has 0 bridgehead atoms. The Morgan fingerprint density at radius 1 is 1.33 bits per heavy atom. The maximum absolute atomic E-state index is 13.4. The summed E-state index contributed by atoms with van der Waals surface area (Å²) in [6.45, 7) is 0.0981. The van der Waals surface area contributed by atoms with Crippen LogP contribution in [0.3, 0.4) is 0 Å². The normalized spacial score (nSPS) is 12.0. The number of halogens is 3. The van der Waals surface area contributed by atoms with E-state index in [0.717, 1.165) is 4.47 Å². The Kier molecular flexibility index (Phi) is 5.30. The van der Waals surface area contributed by atoms with Crippen LogP contribution in [-0.4, -0.2) is 22.7 Å². The van der Waals surface area contributed by atoms with Crippen LogP contribution < -0.4 is 5.32 Å². The molecule has 7 heteroatoms. The van der Waals surface area contributed by atoms with E-state index in [4.69, 9.17) is 5.11 Å². The first-order valence-electron chi connectivity index (χ1n) is 6.01. The summed E-state index contributed by atoms with van der Waals surface area (Å²) in [7, 11) is 0. The van der Waals surface area contributed by atoms with Crippen molar-refractivity contribution in [1.29, 1.82) is 0 Å². The second-order valence-electron chi connectivity index (χ2n) is 4.29. The van der Waals surface area contributed by atoms with E-state index in [0.29, 0.717) is 15.9 Å². The minimum Gasteiger partial charge on any atom is -0.465 e. The lowest BCUT2D eigenvalue weighted by Crippen LogP contribution is -2.28. The van der Waals surface area contributed by atoms with Gasteiger partial charge in [0, 0.05) is 16.9 Å². The highest BCUT2D eigenvalue weighted by molar-refractivity contribution is 9.11. The van der Waals surface area contributed by atoms with Crippen LogP contribution in [-0.2, 0) is 0 Å². The summed E-state index contributed by atoms with van der Waals surface area (Å²) in [5.74, 6) is -0.775. The standard InChI is InChI=1S/C14H11Br2FN2O2/c15-11-4-5-12(16)19-13(11)10(7-18-14(20)21)8-2-1-3-9(17)6-8/h1-6,10,18H,7H2,(H,20,21). The van der Waals surface area contributed by atoms with Gasteiger partial charge in [-0.2, -0.15) is 0 Å². The molecular formula is C14H11Br2FN2O2. The van der Waals surface area contributed by atoms with Gasteiger partial charge in [0.05, 0.1) is 5.69 Å². The summed E-state index contributed by atoms with van der Waals surface area (Å²) in [5, 5.41) is 11.1. The van der Waals surface area contributed by atoms with Crippen molar-refractivity contribution in [3.8, 4) is 0 Å². The van der Waals surface area contributed by atoms with E-state index in [1.165, 1.54) is 12.1 Å². The first kappa shape index (κ1) is 15.9. The van der Waals surface area contributed by atoms with Crippen molar-refractivity contribution in [2.45, 2.75) is 5.92 Å². The van der Waals surface area contributed by atoms with Crippen molar-refractivity contribution in [2.24, 2.45) is 0 Å². The Morgan fingerprint density at radius 3 is 2.76 bits per heavy atom. The molecule has 1 amide bonds. The van der Waals surface area contributed by atoms with Crippen LogP contribution in [0.25, 0.3) is 0 Å². The maximum Gasteiger partial charge on any atom is 0.404 e. The predicted octanol–water partition coefficient (Wildman–Crippen LogP) is 4.15. The molecule has 0 saturated carbocycles. The second kappa shape index (κ2) is 7.00. The van der Waals surface area contributed by atoms with Crippen LogP contribution >= 0.6 is 31.9 Å². The number of nitrogens with one attached hydrogen (secondary N) is 1. The topological polar surface area (TPSA) is 62.2 Å². The van der Waals surface area contributed by atoms with Crippen LogP contribution in [0.5, 0.6) is 0 Å². The van der Waals surface area contributed by atoms with Gasteiger partial charge in [0.15, 0.2) is 0 Å². The number of rotatable bonds is 4. The molecule has 1 heterocycles. The average molecular weight is 418 g/mol. The molecule has 1 aromatic carbocycles. The lowest BCUT2D eigenvalue weighted by Gasteiger charge is -2.18. The number of carboxylic acid groups (broad SMARTS) is 1. The first-order chi connectivity index (χ1) is 9.97. The zero-order valence-corrected chi connectivity index (χ0v) is 13.9. The Labute approximate surface area is 137 Å². The van der Waals surface area contributed by atoms with E-state index < -0.39 is 12.0 Å². The fourth-order valence-electron chi connectivity index (χ4n) is 1.96. The number of aromatic nitrogens is 1. The van der Waals surface area contributed by atoms with Gasteiger partial charge in [0.1, 0.15) is 10.4 Å². The second-order valence-corrected chi connectivity index (χ2v) is 5.96. The summed E-state index contributed by atoms with van der Waals surface area (Å²) in [5.41, 5.74) is 1.28. The molecule has 2 aromatic rings. The largest absolute Gasteiger partial charge is 0.465 e. The Morgan fingerprint density at radius 2 is 2.10 bits per heavy atom. The van der Waals surface area contributed by atoms with E-state index >= 15 is 0 Å². The van der Waals surface area contributed by atoms with Gasteiger partial charge in [-0.05, 0) is 61.7 Å². The van der Waals surface area contributed by atoms with Gasteiger partial charge in [0.2, 0.25) is 0 Å². The summed E-state index contributed by atoms with van der Waals surface area (Å²) in [4.78, 5) is 15.1. The van der Waals surface area contributed by atoms with E-state index in [-0.39, 0.29) is 12.4 Å². The summed E-state index contributed by atoms with van der Waals surface area (Å²) in [6, 6.07) is 9.62. The summed E-state index contributed by atoms with van der Waals surface area (Å²) >= 11 is 6.69. The van der Waals surface area contributed by atoms with Crippen molar-refractivity contribution >= 4 is 38.0 Å². The van der Waals surface area contributed by atoms with Crippen LogP contribution in [0.4, 0.5) is 9.18 Å². The number of carbonyl (C=O) groups is 1. The van der Waals surface area contributed by atoms with Gasteiger partial charge < -0.3 is 10.4 Å². The van der Waals surface area contributed by atoms with Gasteiger partial charge in [-0.25, -0.2) is 14.2 Å². The molecule has 1 unspecified atom stereocenters. The molecule has 21 heavy (non-hydrogen) atoms. The number of pyridine rings is 1. The van der Waals surface area contributed by atoms with E-state index in [1.54, 1.807) is 24.3 Å². The SMILES string of the molecule is O=C(O)NCC(c1cccc(F)c1)c1nc(Br)ccc1Br. The third-order valence-corrected chi connectivity index (χ3v) is 3.99. The molecule has 0 aliphatic carbocycles. The van der Waals surface area contributed by atoms with Crippen molar-refractivity contribution in [1.82, 2.24) is 10.3 Å². The lowest BCUT2D eigenvalue weighted by molar-refractivity contribution is 0.194. The molecule has 110 valence electrons. The molecule has 0 spiro atoms. The highest BCUT2D eigenvalue weighted by Crippen LogP contribution is 2.30. The number of hydrogen-bond donors (Lipinski definition) is 2. The van der Waals surface area contributed by atoms with Crippen molar-refractivity contribution in [3.05, 3.63) is 62.5 Å². The van der Waals surface area contributed by atoms with Crippen LogP contribution in [0, 0.1) is 5.82 Å². The summed E-state index contributed by atoms with van der Waals surface area (Å²) in [6.07, 6.45) is -1.14. The van der Waals surface area contributed by atoms with Crippen LogP contribution in [0.2, 0.25) is 0 Å². The fraction of sp³-hybridized carbons (Fsp3) is 0.143. The van der Waals surface area contributed by atoms with Crippen molar-refractivity contribution in [3.63, 3.8) is 0 Å². The average Bonchev–Trinajstić information content (AvgIpc) is 2.42. The number of benzene rings is 1. The van der Waals surface area contributed by atoms with Gasteiger partial charge >= 0.3 is 6.09 Å². The summed E-state index contributed by atoms with van der Waals surface area (Å²) < 4.78 is 14.8. The number of nitrogens with zero attached hydrogens (tertiary/aromatic N) is 1. The molecular weight excluding hydrogens is 407 g/mol. The van der Waals surface area contributed by atoms with Gasteiger partial charge in [0.25, 0.3) is 0 Å². The Hall–Kier alpha value is -1.47. The van der Waals surface area contributed by atoms with Gasteiger partial charge in [-0.15, -0.1) is 0 Å². The number of amides is 1. The van der Waals surface area contributed by atoms with Gasteiger partial charge in [-0.1, -0.05) is 12.1 Å². The highest BCUT2D eigenvalue weighted by Gasteiger charge is 2.20. The lowest BCUT2D eigenvalue weighted by atomic mass is 9.95. The first-order valence-corrected chi connectivity index (χ1v) is 7.60. The molecule has 0 aliphatic rings. The van der Waals surface area contributed by atoms with Gasteiger partial charge in [-0.3, -0.25) is 0 Å². The fourth-order valence-corrected chi connectivity index (χ4v) is 2.78. The molecule has 4 nitrogen and oxygen atoms in total. The molecule has 1 aromatic heterocycles. The van der Waals surface area contributed by atoms with Crippen LogP contribution in [0.15, 0.2) is 45.5 Å². The molecule has 0 radical (unpaired) electrons. The maximum atomic E-state index is 13.4. The molecule has 0 fully saturated rings. The molecule has 1 atom stereocenters. The van der Waals surface area contributed by atoms with E-state index in [1.807, 2.05) is 0 Å². The number of hydrogen-bond acceptors (Lipinski definition) is 2. The minimum atomic E-state index is -1.14. The highest BCUT2D eigenvalue weighted by atomic mass is 79.9. The minimum absolute atomic E-state index is 0.0981. The van der Waals surface area contributed by atoms with Crippen molar-refractivity contribution < 1.29 is 14.3 Å². The van der Waals surface area contributed by atoms with E-state index in [9.17, 15) is 9.18 Å².